The number of urea groups is 1. The first-order chi connectivity index (χ1) is 10.4. The lowest BCUT2D eigenvalue weighted by molar-refractivity contribution is -0.131. The van der Waals surface area contributed by atoms with E-state index in [9.17, 15) is 14.4 Å². The summed E-state index contributed by atoms with van der Waals surface area (Å²) in [7, 11) is 4.11. The molecule has 124 valence electrons. The number of amides is 4. The summed E-state index contributed by atoms with van der Waals surface area (Å²) in [5, 5.41) is 2.48. The summed E-state index contributed by atoms with van der Waals surface area (Å²) in [4.78, 5) is 40.5. The minimum atomic E-state index is -0.350. The zero-order chi connectivity index (χ0) is 16.3. The molecule has 4 amide bonds. The van der Waals surface area contributed by atoms with E-state index in [4.69, 9.17) is 0 Å². The lowest BCUT2D eigenvalue weighted by Gasteiger charge is -2.23. The molecule has 0 spiro atoms. The first-order valence-electron chi connectivity index (χ1n) is 7.96. The maximum Gasteiger partial charge on any atom is 0.324 e. The van der Waals surface area contributed by atoms with Gasteiger partial charge in [0, 0.05) is 32.1 Å². The minimum absolute atomic E-state index is 0.0710. The highest BCUT2D eigenvalue weighted by Gasteiger charge is 2.35. The summed E-state index contributed by atoms with van der Waals surface area (Å²) >= 11 is 0. The smallest absolute Gasteiger partial charge is 0.324 e. The standard InChI is InChI=1S/C15H26N4O3/c1-4-11-9-18(10-12(11)17(2)3)13(20)6-5-7-19-14(21)8-16-15(19)22/h11-12H,4-10H2,1-3H3,(H,16,22). The van der Waals surface area contributed by atoms with Crippen LogP contribution in [-0.2, 0) is 9.59 Å². The average molecular weight is 310 g/mol. The van der Waals surface area contributed by atoms with Crippen LogP contribution in [0.5, 0.6) is 0 Å². The fourth-order valence-electron chi connectivity index (χ4n) is 3.27. The molecule has 2 aliphatic heterocycles. The van der Waals surface area contributed by atoms with Crippen LogP contribution in [0.1, 0.15) is 26.2 Å². The van der Waals surface area contributed by atoms with Gasteiger partial charge in [-0.15, -0.1) is 0 Å². The average Bonchev–Trinajstić information content (AvgIpc) is 3.05. The first kappa shape index (κ1) is 16.7. The van der Waals surface area contributed by atoms with Crippen molar-refractivity contribution in [2.75, 3.05) is 40.3 Å². The largest absolute Gasteiger partial charge is 0.341 e. The van der Waals surface area contributed by atoms with Gasteiger partial charge in [-0.3, -0.25) is 14.5 Å². The summed E-state index contributed by atoms with van der Waals surface area (Å²) in [6, 6.07) is 0.0669. The molecule has 7 nitrogen and oxygen atoms in total. The number of hydrogen-bond acceptors (Lipinski definition) is 4. The first-order valence-corrected chi connectivity index (χ1v) is 7.96. The third kappa shape index (κ3) is 3.58. The number of nitrogens with zero attached hydrogens (tertiary/aromatic N) is 3. The third-order valence-corrected chi connectivity index (χ3v) is 4.66. The van der Waals surface area contributed by atoms with Gasteiger partial charge in [-0.25, -0.2) is 4.79 Å². The van der Waals surface area contributed by atoms with Crippen LogP contribution in [0.25, 0.3) is 0 Å². The Bertz CT molecular complexity index is 436. The molecule has 2 fully saturated rings. The van der Waals surface area contributed by atoms with Gasteiger partial charge in [0.1, 0.15) is 0 Å². The Morgan fingerprint density at radius 3 is 2.55 bits per heavy atom. The topological polar surface area (TPSA) is 73.0 Å². The zero-order valence-electron chi connectivity index (χ0n) is 13.7. The van der Waals surface area contributed by atoms with E-state index in [0.717, 1.165) is 19.5 Å². The van der Waals surface area contributed by atoms with Crippen molar-refractivity contribution < 1.29 is 14.4 Å². The van der Waals surface area contributed by atoms with Crippen LogP contribution in [0.4, 0.5) is 4.79 Å². The van der Waals surface area contributed by atoms with Gasteiger partial charge in [-0.2, -0.15) is 0 Å². The Morgan fingerprint density at radius 1 is 1.32 bits per heavy atom. The van der Waals surface area contributed by atoms with Crippen molar-refractivity contribution >= 4 is 17.8 Å². The quantitative estimate of drug-likeness (QED) is 0.707. The molecule has 7 heteroatoms. The van der Waals surface area contributed by atoms with Crippen molar-refractivity contribution in [1.29, 1.82) is 0 Å². The van der Waals surface area contributed by atoms with E-state index >= 15 is 0 Å². The van der Waals surface area contributed by atoms with Crippen molar-refractivity contribution in [2.24, 2.45) is 5.92 Å². The third-order valence-electron chi connectivity index (χ3n) is 4.66. The molecule has 2 rings (SSSR count). The van der Waals surface area contributed by atoms with Crippen LogP contribution in [0.3, 0.4) is 0 Å². The highest BCUT2D eigenvalue weighted by Crippen LogP contribution is 2.24. The van der Waals surface area contributed by atoms with Crippen molar-refractivity contribution in [3.05, 3.63) is 0 Å². The van der Waals surface area contributed by atoms with E-state index in [1.165, 1.54) is 4.90 Å². The Labute approximate surface area is 131 Å². The molecular weight excluding hydrogens is 284 g/mol. The SMILES string of the molecule is CCC1CN(C(=O)CCCN2C(=O)CNC2=O)CC1N(C)C. The fraction of sp³-hybridized carbons (Fsp3) is 0.800. The normalized spacial score (nSPS) is 25.3. The molecular formula is C15H26N4O3. The Morgan fingerprint density at radius 2 is 2.05 bits per heavy atom. The summed E-state index contributed by atoms with van der Waals surface area (Å²) in [6.45, 7) is 4.13. The molecule has 2 heterocycles. The number of carbonyl (C=O) groups excluding carboxylic acids is 3. The van der Waals surface area contributed by atoms with E-state index in [-0.39, 0.29) is 24.4 Å². The lowest BCUT2D eigenvalue weighted by atomic mass is 10.0. The minimum Gasteiger partial charge on any atom is -0.341 e. The number of likely N-dealkylation sites (tertiary alicyclic amines) is 1. The fourth-order valence-corrected chi connectivity index (χ4v) is 3.27. The van der Waals surface area contributed by atoms with Crippen molar-refractivity contribution in [3.63, 3.8) is 0 Å². The predicted octanol–water partition coefficient (Wildman–Crippen LogP) is 0.117. The van der Waals surface area contributed by atoms with E-state index in [0.29, 0.717) is 31.3 Å². The Kier molecular flexibility index (Phi) is 5.39. The van der Waals surface area contributed by atoms with Gasteiger partial charge in [-0.1, -0.05) is 13.3 Å². The van der Waals surface area contributed by atoms with Crippen molar-refractivity contribution in [3.8, 4) is 0 Å². The van der Waals surface area contributed by atoms with Gasteiger partial charge in [-0.05, 0) is 26.4 Å². The molecule has 2 atom stereocenters. The van der Waals surface area contributed by atoms with Gasteiger partial charge in [0.2, 0.25) is 11.8 Å². The second kappa shape index (κ2) is 7.09. The summed E-state index contributed by atoms with van der Waals surface area (Å²) < 4.78 is 0. The Hall–Kier alpha value is -1.63. The molecule has 2 unspecified atom stereocenters. The molecule has 0 aliphatic carbocycles. The van der Waals surface area contributed by atoms with Crippen LogP contribution in [-0.4, -0.2) is 78.9 Å². The van der Waals surface area contributed by atoms with E-state index in [1.54, 1.807) is 0 Å². The van der Waals surface area contributed by atoms with E-state index in [2.05, 4.69) is 31.2 Å². The molecule has 2 saturated heterocycles. The van der Waals surface area contributed by atoms with Crippen LogP contribution < -0.4 is 5.32 Å². The number of carbonyl (C=O) groups is 3. The molecule has 22 heavy (non-hydrogen) atoms. The molecule has 2 aliphatic rings. The van der Waals surface area contributed by atoms with E-state index in [1.807, 2.05) is 4.90 Å². The summed E-state index contributed by atoms with van der Waals surface area (Å²) in [5.41, 5.74) is 0. The maximum absolute atomic E-state index is 12.3. The molecule has 0 saturated carbocycles. The second-order valence-electron chi connectivity index (χ2n) is 6.31. The number of hydrogen-bond donors (Lipinski definition) is 1. The monoisotopic (exact) mass is 310 g/mol. The van der Waals surface area contributed by atoms with Gasteiger partial charge >= 0.3 is 6.03 Å². The van der Waals surface area contributed by atoms with Crippen molar-refractivity contribution in [1.82, 2.24) is 20.0 Å². The maximum atomic E-state index is 12.3. The molecule has 0 aromatic heterocycles. The van der Waals surface area contributed by atoms with Gasteiger partial charge in [0.05, 0.1) is 6.54 Å². The second-order valence-corrected chi connectivity index (χ2v) is 6.31. The number of nitrogens with one attached hydrogen (secondary N) is 1. The van der Waals surface area contributed by atoms with Gasteiger partial charge in [0.15, 0.2) is 0 Å². The van der Waals surface area contributed by atoms with Crippen LogP contribution in [0, 0.1) is 5.92 Å². The number of rotatable bonds is 6. The van der Waals surface area contributed by atoms with Crippen molar-refractivity contribution in [2.45, 2.75) is 32.2 Å². The highest BCUT2D eigenvalue weighted by atomic mass is 16.2. The zero-order valence-corrected chi connectivity index (χ0v) is 13.7. The van der Waals surface area contributed by atoms with Crippen LogP contribution in [0.15, 0.2) is 0 Å². The van der Waals surface area contributed by atoms with E-state index < -0.39 is 0 Å². The summed E-state index contributed by atoms with van der Waals surface area (Å²) in [6.07, 6.45) is 1.97. The molecule has 0 aromatic rings. The van der Waals surface area contributed by atoms with Crippen LogP contribution in [0.2, 0.25) is 0 Å². The number of likely N-dealkylation sites (N-methyl/N-ethyl adjacent to an activating group) is 1. The molecule has 1 N–H and O–H groups in total. The molecule has 0 bridgehead atoms. The molecule has 0 aromatic carbocycles. The van der Waals surface area contributed by atoms with Gasteiger partial charge < -0.3 is 15.1 Å². The highest BCUT2D eigenvalue weighted by molar-refractivity contribution is 6.01. The lowest BCUT2D eigenvalue weighted by Crippen LogP contribution is -2.36. The summed E-state index contributed by atoms with van der Waals surface area (Å²) in [5.74, 6) is 0.428. The number of imide groups is 1. The molecule has 0 radical (unpaired) electrons. The van der Waals surface area contributed by atoms with Crippen LogP contribution >= 0.6 is 0 Å². The Balaban J connectivity index is 1.78. The van der Waals surface area contributed by atoms with Gasteiger partial charge in [0.25, 0.3) is 0 Å². The predicted molar refractivity (Wildman–Crippen MR) is 82.2 cm³/mol.